The van der Waals surface area contributed by atoms with Crippen molar-refractivity contribution in [1.82, 2.24) is 15.8 Å². The molecule has 8 nitrogen and oxygen atoms in total. The van der Waals surface area contributed by atoms with Gasteiger partial charge in [-0.25, -0.2) is 9.59 Å². The normalized spacial score (nSPS) is 13.8. The van der Waals surface area contributed by atoms with Crippen molar-refractivity contribution in [2.45, 2.75) is 46.0 Å². The van der Waals surface area contributed by atoms with Crippen LogP contribution < -0.4 is 10.6 Å². The minimum Gasteiger partial charge on any atom is -0.452 e. The maximum absolute atomic E-state index is 11.9. The number of urea groups is 1. The Kier molecular flexibility index (Phi) is 6.73. The van der Waals surface area contributed by atoms with Gasteiger partial charge < -0.3 is 14.6 Å². The molecule has 0 aliphatic heterocycles. The van der Waals surface area contributed by atoms with E-state index >= 15 is 0 Å². The van der Waals surface area contributed by atoms with E-state index in [4.69, 9.17) is 9.26 Å². The average molecular weight is 349 g/mol. The van der Waals surface area contributed by atoms with Crippen molar-refractivity contribution in [3.05, 3.63) is 28.7 Å². The fourth-order valence-corrected chi connectivity index (χ4v) is 2.65. The molecule has 0 fully saturated rings. The number of aromatic nitrogens is 1. The number of allylic oxidation sites excluding steroid dienone is 1. The third-order valence-corrected chi connectivity index (χ3v) is 3.94. The van der Waals surface area contributed by atoms with Crippen LogP contribution in [0.3, 0.4) is 0 Å². The summed E-state index contributed by atoms with van der Waals surface area (Å²) >= 11 is 0. The maximum atomic E-state index is 11.9. The van der Waals surface area contributed by atoms with E-state index in [1.54, 1.807) is 13.8 Å². The van der Waals surface area contributed by atoms with E-state index in [0.29, 0.717) is 18.0 Å². The first-order valence-corrected chi connectivity index (χ1v) is 8.33. The monoisotopic (exact) mass is 349 g/mol. The van der Waals surface area contributed by atoms with Gasteiger partial charge in [-0.3, -0.25) is 10.1 Å². The highest BCUT2D eigenvalue weighted by molar-refractivity contribution is 5.97. The summed E-state index contributed by atoms with van der Waals surface area (Å²) < 4.78 is 9.73. The Labute approximate surface area is 146 Å². The lowest BCUT2D eigenvalue weighted by Crippen LogP contribution is -2.41. The third kappa shape index (κ3) is 5.74. The van der Waals surface area contributed by atoms with Crippen LogP contribution in [0.25, 0.3) is 0 Å². The van der Waals surface area contributed by atoms with Crippen LogP contribution in [-0.2, 0) is 9.53 Å². The van der Waals surface area contributed by atoms with Crippen molar-refractivity contribution in [3.8, 4) is 0 Å². The molecule has 0 saturated carbocycles. The predicted molar refractivity (Wildman–Crippen MR) is 89.0 cm³/mol. The van der Waals surface area contributed by atoms with Crippen molar-refractivity contribution in [2.75, 3.05) is 13.2 Å². The molecule has 2 rings (SSSR count). The summed E-state index contributed by atoms with van der Waals surface area (Å²) in [5.74, 6) is -1.09. The molecule has 1 aromatic rings. The SMILES string of the molecule is Cc1noc(C)c1C(=O)OCC(=O)NC(=O)NCCC1=CCCCC1. The van der Waals surface area contributed by atoms with Crippen molar-refractivity contribution < 1.29 is 23.6 Å². The Morgan fingerprint density at radius 2 is 2.08 bits per heavy atom. The number of nitrogens with zero attached hydrogens (tertiary/aromatic N) is 1. The van der Waals surface area contributed by atoms with Crippen molar-refractivity contribution in [2.24, 2.45) is 0 Å². The van der Waals surface area contributed by atoms with Crippen LogP contribution >= 0.6 is 0 Å². The molecule has 0 saturated heterocycles. The van der Waals surface area contributed by atoms with Crippen LogP contribution in [-0.4, -0.2) is 36.2 Å². The molecule has 2 N–H and O–H groups in total. The van der Waals surface area contributed by atoms with Gasteiger partial charge in [0.1, 0.15) is 11.3 Å². The van der Waals surface area contributed by atoms with Crippen molar-refractivity contribution in [3.63, 3.8) is 0 Å². The molecule has 0 atom stereocenters. The van der Waals surface area contributed by atoms with Crippen LogP contribution in [0.15, 0.2) is 16.2 Å². The zero-order valence-electron chi connectivity index (χ0n) is 14.5. The second-order valence-corrected chi connectivity index (χ2v) is 5.94. The molecule has 0 bridgehead atoms. The van der Waals surface area contributed by atoms with Gasteiger partial charge in [-0.1, -0.05) is 16.8 Å². The highest BCUT2D eigenvalue weighted by Crippen LogP contribution is 2.19. The topological polar surface area (TPSA) is 111 Å². The second kappa shape index (κ2) is 9.00. The van der Waals surface area contributed by atoms with Crippen molar-refractivity contribution >= 4 is 17.9 Å². The highest BCUT2D eigenvalue weighted by Gasteiger charge is 2.20. The number of amides is 3. The zero-order valence-corrected chi connectivity index (χ0v) is 14.5. The van der Waals surface area contributed by atoms with Crippen LogP contribution in [0.4, 0.5) is 4.79 Å². The number of hydrogen-bond donors (Lipinski definition) is 2. The van der Waals surface area contributed by atoms with Crippen LogP contribution in [0, 0.1) is 13.8 Å². The van der Waals surface area contributed by atoms with E-state index in [0.717, 1.165) is 19.3 Å². The first kappa shape index (κ1) is 18.7. The summed E-state index contributed by atoms with van der Waals surface area (Å²) in [6.45, 7) is 3.08. The Balaban J connectivity index is 1.66. The summed E-state index contributed by atoms with van der Waals surface area (Å²) in [7, 11) is 0. The summed E-state index contributed by atoms with van der Waals surface area (Å²) in [5.41, 5.74) is 1.92. The molecular formula is C17H23N3O5. The number of carbonyl (C=O) groups is 3. The van der Waals surface area contributed by atoms with Crippen LogP contribution in [0.1, 0.15) is 53.9 Å². The summed E-state index contributed by atoms with van der Waals surface area (Å²) in [6.07, 6.45) is 7.56. The van der Waals surface area contributed by atoms with E-state index < -0.39 is 24.5 Å². The number of imide groups is 1. The number of esters is 1. The highest BCUT2D eigenvalue weighted by atomic mass is 16.5. The molecular weight excluding hydrogens is 326 g/mol. The lowest BCUT2D eigenvalue weighted by molar-refractivity contribution is -0.123. The predicted octanol–water partition coefficient (Wildman–Crippen LogP) is 2.16. The Hall–Kier alpha value is -2.64. The third-order valence-electron chi connectivity index (χ3n) is 3.94. The standard InChI is InChI=1S/C17H23N3O5/c1-11-15(12(2)25-20-11)16(22)24-10-14(21)19-17(23)18-9-8-13-6-4-3-5-7-13/h6H,3-5,7-10H2,1-2H3,(H2,18,19,21,23). The summed E-state index contributed by atoms with van der Waals surface area (Å²) in [5, 5.41) is 8.38. The van der Waals surface area contributed by atoms with Crippen molar-refractivity contribution in [1.29, 1.82) is 0 Å². The fraction of sp³-hybridized carbons (Fsp3) is 0.529. The molecule has 1 heterocycles. The number of hydrogen-bond acceptors (Lipinski definition) is 6. The van der Waals surface area contributed by atoms with Crippen LogP contribution in [0.2, 0.25) is 0 Å². The lowest BCUT2D eigenvalue weighted by atomic mass is 9.97. The molecule has 3 amide bonds. The minimum absolute atomic E-state index is 0.193. The van der Waals surface area contributed by atoms with Gasteiger partial charge in [0.15, 0.2) is 6.61 Å². The van der Waals surface area contributed by atoms with Gasteiger partial charge in [0, 0.05) is 6.54 Å². The van der Waals surface area contributed by atoms with E-state index in [1.807, 2.05) is 0 Å². The number of nitrogens with one attached hydrogen (secondary N) is 2. The van der Waals surface area contributed by atoms with Gasteiger partial charge in [-0.05, 0) is 46.0 Å². The Morgan fingerprint density at radius 1 is 1.28 bits per heavy atom. The van der Waals surface area contributed by atoms with Gasteiger partial charge >= 0.3 is 12.0 Å². The van der Waals surface area contributed by atoms with Gasteiger partial charge in [-0.15, -0.1) is 0 Å². The first-order chi connectivity index (χ1) is 12.0. The van der Waals surface area contributed by atoms with Gasteiger partial charge in [-0.2, -0.15) is 0 Å². The Bertz CT molecular complexity index is 658. The summed E-state index contributed by atoms with van der Waals surface area (Å²) in [6, 6.07) is -0.602. The zero-order chi connectivity index (χ0) is 18.2. The second-order valence-electron chi connectivity index (χ2n) is 5.94. The minimum atomic E-state index is -0.712. The van der Waals surface area contributed by atoms with E-state index in [9.17, 15) is 14.4 Å². The van der Waals surface area contributed by atoms with E-state index in [1.165, 1.54) is 18.4 Å². The first-order valence-electron chi connectivity index (χ1n) is 8.33. The van der Waals surface area contributed by atoms with Gasteiger partial charge in [0.25, 0.3) is 5.91 Å². The molecule has 0 aromatic carbocycles. The molecule has 0 spiro atoms. The van der Waals surface area contributed by atoms with E-state index in [-0.39, 0.29) is 5.56 Å². The quantitative estimate of drug-likeness (QED) is 0.601. The van der Waals surface area contributed by atoms with E-state index in [2.05, 4.69) is 21.9 Å². The van der Waals surface area contributed by atoms with Gasteiger partial charge in [0.05, 0.1) is 5.69 Å². The van der Waals surface area contributed by atoms with Gasteiger partial charge in [0.2, 0.25) is 0 Å². The molecule has 8 heteroatoms. The number of rotatable bonds is 6. The molecule has 1 aliphatic carbocycles. The number of aryl methyl sites for hydroxylation is 2. The summed E-state index contributed by atoms with van der Waals surface area (Å²) in [4.78, 5) is 35.2. The molecule has 0 radical (unpaired) electrons. The fourth-order valence-electron chi connectivity index (χ4n) is 2.65. The lowest BCUT2D eigenvalue weighted by Gasteiger charge is -2.13. The largest absolute Gasteiger partial charge is 0.452 e. The maximum Gasteiger partial charge on any atom is 0.344 e. The molecule has 1 aliphatic rings. The average Bonchev–Trinajstić information content (AvgIpc) is 2.92. The molecule has 136 valence electrons. The number of ether oxygens (including phenoxy) is 1. The molecule has 1 aromatic heterocycles. The number of carbonyl (C=O) groups excluding carboxylic acids is 3. The Morgan fingerprint density at radius 3 is 2.72 bits per heavy atom. The smallest absolute Gasteiger partial charge is 0.344 e. The molecule has 25 heavy (non-hydrogen) atoms. The molecule has 0 unspecified atom stereocenters. The van der Waals surface area contributed by atoms with Crippen LogP contribution in [0.5, 0.6) is 0 Å².